The van der Waals surface area contributed by atoms with Gasteiger partial charge in [-0.15, -0.1) is 0 Å². The van der Waals surface area contributed by atoms with Crippen LogP contribution in [0.4, 0.5) is 15.8 Å². The summed E-state index contributed by atoms with van der Waals surface area (Å²) in [5.74, 6) is -2.02. The van der Waals surface area contributed by atoms with Crippen molar-refractivity contribution in [2.24, 2.45) is 0 Å². The summed E-state index contributed by atoms with van der Waals surface area (Å²) in [6, 6.07) is 2.83. The van der Waals surface area contributed by atoms with Gasteiger partial charge in [-0.1, -0.05) is 6.92 Å². The van der Waals surface area contributed by atoms with Crippen LogP contribution in [-0.4, -0.2) is 23.7 Å². The second kappa shape index (κ2) is 5.47. The van der Waals surface area contributed by atoms with Crippen molar-refractivity contribution in [3.8, 4) is 0 Å². The number of carboxylic acid groups (broad SMARTS) is 1. The molecule has 1 aromatic carbocycles. The first-order chi connectivity index (χ1) is 9.04. The van der Waals surface area contributed by atoms with Gasteiger partial charge in [-0.3, -0.25) is 0 Å². The zero-order valence-electron chi connectivity index (χ0n) is 11.0. The molecule has 19 heavy (non-hydrogen) atoms. The van der Waals surface area contributed by atoms with Crippen LogP contribution in [0, 0.1) is 5.82 Å². The highest BCUT2D eigenvalue weighted by Gasteiger charge is 2.24. The highest BCUT2D eigenvalue weighted by Crippen LogP contribution is 2.32. The molecule has 1 saturated heterocycles. The summed E-state index contributed by atoms with van der Waals surface area (Å²) in [5.41, 5.74) is 6.49. The monoisotopic (exact) mass is 266 g/mol. The second-order valence-corrected chi connectivity index (χ2v) is 4.95. The first-order valence-electron chi connectivity index (χ1n) is 6.63. The first-order valence-corrected chi connectivity index (χ1v) is 6.63. The molecule has 2 rings (SSSR count). The van der Waals surface area contributed by atoms with Crippen molar-refractivity contribution in [1.29, 1.82) is 0 Å². The number of rotatable bonds is 3. The van der Waals surface area contributed by atoms with Crippen molar-refractivity contribution >= 4 is 17.3 Å². The standard InChI is InChI=1S/C14H19FN2O2/c1-2-9-5-3-4-6-17(9)13-8-11(15)10(14(18)19)7-12(13)16/h7-9H,2-6,16H2,1H3,(H,18,19). The number of hydrogen-bond donors (Lipinski definition) is 2. The Balaban J connectivity index is 2.39. The van der Waals surface area contributed by atoms with Crippen LogP contribution in [0.5, 0.6) is 0 Å². The predicted molar refractivity (Wildman–Crippen MR) is 73.0 cm³/mol. The van der Waals surface area contributed by atoms with E-state index in [1.165, 1.54) is 18.6 Å². The number of nitrogens with two attached hydrogens (primary N) is 1. The molecule has 0 radical (unpaired) electrons. The molecule has 0 amide bonds. The Hall–Kier alpha value is -1.78. The Bertz CT molecular complexity index is 491. The summed E-state index contributed by atoms with van der Waals surface area (Å²) >= 11 is 0. The summed E-state index contributed by atoms with van der Waals surface area (Å²) in [5, 5.41) is 8.88. The summed E-state index contributed by atoms with van der Waals surface area (Å²) in [4.78, 5) is 13.0. The SMILES string of the molecule is CCC1CCCCN1c1cc(F)c(C(=O)O)cc1N. The third-order valence-electron chi connectivity index (χ3n) is 3.75. The van der Waals surface area contributed by atoms with Gasteiger partial charge in [0.1, 0.15) is 5.82 Å². The maximum atomic E-state index is 13.8. The molecule has 104 valence electrons. The summed E-state index contributed by atoms with van der Waals surface area (Å²) < 4.78 is 13.8. The van der Waals surface area contributed by atoms with E-state index in [0.717, 1.165) is 25.8 Å². The molecule has 0 saturated carbocycles. The Labute approximate surface area is 112 Å². The zero-order valence-corrected chi connectivity index (χ0v) is 11.0. The van der Waals surface area contributed by atoms with Crippen molar-refractivity contribution < 1.29 is 14.3 Å². The first kappa shape index (κ1) is 13.6. The third kappa shape index (κ3) is 2.64. The molecule has 1 aliphatic heterocycles. The number of carbonyl (C=O) groups is 1. The lowest BCUT2D eigenvalue weighted by Gasteiger charge is -2.37. The van der Waals surface area contributed by atoms with Crippen LogP contribution >= 0.6 is 0 Å². The molecule has 1 aliphatic rings. The molecule has 0 spiro atoms. The quantitative estimate of drug-likeness (QED) is 0.825. The second-order valence-electron chi connectivity index (χ2n) is 4.95. The Morgan fingerprint density at radius 1 is 1.53 bits per heavy atom. The van der Waals surface area contributed by atoms with Crippen LogP contribution in [0.1, 0.15) is 43.0 Å². The van der Waals surface area contributed by atoms with Crippen LogP contribution in [0.25, 0.3) is 0 Å². The van der Waals surface area contributed by atoms with E-state index >= 15 is 0 Å². The van der Waals surface area contributed by atoms with E-state index in [2.05, 4.69) is 11.8 Å². The van der Waals surface area contributed by atoms with Gasteiger partial charge in [0.25, 0.3) is 0 Å². The molecule has 4 nitrogen and oxygen atoms in total. The summed E-state index contributed by atoms with van der Waals surface area (Å²) in [7, 11) is 0. The summed E-state index contributed by atoms with van der Waals surface area (Å²) in [6.45, 7) is 2.94. The molecule has 0 bridgehead atoms. The Morgan fingerprint density at radius 3 is 2.89 bits per heavy atom. The third-order valence-corrected chi connectivity index (χ3v) is 3.75. The van der Waals surface area contributed by atoms with Crippen LogP contribution in [0.15, 0.2) is 12.1 Å². The van der Waals surface area contributed by atoms with Gasteiger partial charge in [0.15, 0.2) is 0 Å². The number of carboxylic acids is 1. The highest BCUT2D eigenvalue weighted by atomic mass is 19.1. The lowest BCUT2D eigenvalue weighted by molar-refractivity contribution is 0.0692. The topological polar surface area (TPSA) is 66.6 Å². The van der Waals surface area contributed by atoms with Crippen LogP contribution in [-0.2, 0) is 0 Å². The van der Waals surface area contributed by atoms with Crippen LogP contribution in [0.2, 0.25) is 0 Å². The van der Waals surface area contributed by atoms with Crippen molar-refractivity contribution in [1.82, 2.24) is 0 Å². The van der Waals surface area contributed by atoms with E-state index in [4.69, 9.17) is 10.8 Å². The minimum absolute atomic E-state index is 0.333. The fraction of sp³-hybridized carbons (Fsp3) is 0.500. The number of nitrogens with zero attached hydrogens (tertiary/aromatic N) is 1. The van der Waals surface area contributed by atoms with E-state index < -0.39 is 11.8 Å². The lowest BCUT2D eigenvalue weighted by atomic mass is 9.98. The van der Waals surface area contributed by atoms with Gasteiger partial charge < -0.3 is 15.7 Å². The molecule has 0 aliphatic carbocycles. The van der Waals surface area contributed by atoms with E-state index in [1.54, 1.807) is 0 Å². The van der Waals surface area contributed by atoms with Crippen molar-refractivity contribution in [2.45, 2.75) is 38.6 Å². The molecule has 1 aromatic rings. The number of benzene rings is 1. The fourth-order valence-corrected chi connectivity index (χ4v) is 2.73. The van der Waals surface area contributed by atoms with Gasteiger partial charge in [-0.2, -0.15) is 0 Å². The van der Waals surface area contributed by atoms with Crippen molar-refractivity contribution in [2.75, 3.05) is 17.2 Å². The highest BCUT2D eigenvalue weighted by molar-refractivity contribution is 5.91. The van der Waals surface area contributed by atoms with E-state index in [-0.39, 0.29) is 5.56 Å². The normalized spacial score (nSPS) is 19.5. The zero-order chi connectivity index (χ0) is 14.0. The maximum Gasteiger partial charge on any atom is 0.338 e. The molecule has 1 unspecified atom stereocenters. The maximum absolute atomic E-state index is 13.8. The largest absolute Gasteiger partial charge is 0.478 e. The Kier molecular flexibility index (Phi) is 3.93. The van der Waals surface area contributed by atoms with Crippen LogP contribution < -0.4 is 10.6 Å². The molecule has 0 aromatic heterocycles. The van der Waals surface area contributed by atoms with Gasteiger partial charge in [0, 0.05) is 18.7 Å². The van der Waals surface area contributed by atoms with E-state index in [0.29, 0.717) is 17.4 Å². The number of hydrogen-bond acceptors (Lipinski definition) is 3. The predicted octanol–water partition coefficient (Wildman–Crippen LogP) is 2.88. The van der Waals surface area contributed by atoms with Crippen LogP contribution in [0.3, 0.4) is 0 Å². The number of aromatic carboxylic acids is 1. The van der Waals surface area contributed by atoms with Crippen molar-refractivity contribution in [3.63, 3.8) is 0 Å². The molecular formula is C14H19FN2O2. The smallest absolute Gasteiger partial charge is 0.338 e. The van der Waals surface area contributed by atoms with E-state index in [1.807, 2.05) is 0 Å². The molecule has 1 fully saturated rings. The minimum atomic E-state index is -1.29. The lowest BCUT2D eigenvalue weighted by Crippen LogP contribution is -2.39. The number of anilines is 2. The van der Waals surface area contributed by atoms with Gasteiger partial charge >= 0.3 is 5.97 Å². The fourth-order valence-electron chi connectivity index (χ4n) is 2.73. The number of halogens is 1. The molecule has 1 atom stereocenters. The average molecular weight is 266 g/mol. The molecule has 3 N–H and O–H groups in total. The molecular weight excluding hydrogens is 247 g/mol. The number of nitrogen functional groups attached to an aromatic ring is 1. The molecule has 1 heterocycles. The van der Waals surface area contributed by atoms with Gasteiger partial charge in [-0.05, 0) is 31.7 Å². The number of piperidine rings is 1. The summed E-state index contributed by atoms with van der Waals surface area (Å²) in [6.07, 6.45) is 4.27. The van der Waals surface area contributed by atoms with Gasteiger partial charge in [-0.25, -0.2) is 9.18 Å². The minimum Gasteiger partial charge on any atom is -0.478 e. The van der Waals surface area contributed by atoms with Crippen molar-refractivity contribution in [3.05, 3.63) is 23.5 Å². The van der Waals surface area contributed by atoms with E-state index in [9.17, 15) is 9.18 Å². The molecule has 5 heteroatoms. The average Bonchev–Trinajstić information content (AvgIpc) is 2.40. The van der Waals surface area contributed by atoms with Gasteiger partial charge in [0.05, 0.1) is 16.9 Å². The van der Waals surface area contributed by atoms with Gasteiger partial charge in [0.2, 0.25) is 0 Å². The Morgan fingerprint density at radius 2 is 2.26 bits per heavy atom.